The Hall–Kier alpha value is -2.25. The molecule has 3 heterocycles. The van der Waals surface area contributed by atoms with Gasteiger partial charge in [0.2, 0.25) is 5.28 Å². The molecule has 0 saturated heterocycles. The second kappa shape index (κ2) is 6.47. The number of aromatic nitrogens is 4. The summed E-state index contributed by atoms with van der Waals surface area (Å²) in [7, 11) is 0. The van der Waals surface area contributed by atoms with Crippen LogP contribution in [0, 0.1) is 5.82 Å². The van der Waals surface area contributed by atoms with E-state index in [0.717, 1.165) is 11.1 Å². The van der Waals surface area contributed by atoms with Crippen LogP contribution in [0.2, 0.25) is 5.28 Å². The van der Waals surface area contributed by atoms with E-state index >= 15 is 0 Å². The molecule has 23 heavy (non-hydrogen) atoms. The molecule has 0 saturated carbocycles. The minimum atomic E-state index is -0.372. The molecule has 0 fully saturated rings. The minimum absolute atomic E-state index is 0.0221. The summed E-state index contributed by atoms with van der Waals surface area (Å²) in [5.74, 6) is 0.173. The van der Waals surface area contributed by atoms with E-state index in [1.54, 1.807) is 12.3 Å². The molecular formula is C15H16ClFN6. The quantitative estimate of drug-likeness (QED) is 0.624. The van der Waals surface area contributed by atoms with Gasteiger partial charge in [-0.2, -0.15) is 4.98 Å². The number of pyridine rings is 1. The van der Waals surface area contributed by atoms with E-state index in [2.05, 4.69) is 25.3 Å². The van der Waals surface area contributed by atoms with Crippen LogP contribution >= 0.6 is 11.6 Å². The molecule has 120 valence electrons. The summed E-state index contributed by atoms with van der Waals surface area (Å²) in [5, 5.41) is 4.00. The molecule has 0 aromatic carbocycles. The predicted octanol–water partition coefficient (Wildman–Crippen LogP) is 2.65. The van der Waals surface area contributed by atoms with E-state index in [9.17, 15) is 4.39 Å². The Morgan fingerprint density at radius 1 is 1.43 bits per heavy atom. The first-order chi connectivity index (χ1) is 11.0. The van der Waals surface area contributed by atoms with Crippen LogP contribution in [-0.2, 0) is 13.0 Å². The van der Waals surface area contributed by atoms with E-state index in [1.165, 1.54) is 6.20 Å². The van der Waals surface area contributed by atoms with Crippen LogP contribution in [0.25, 0.3) is 11.0 Å². The summed E-state index contributed by atoms with van der Waals surface area (Å²) < 4.78 is 13.7. The van der Waals surface area contributed by atoms with Crippen LogP contribution in [0.1, 0.15) is 18.2 Å². The van der Waals surface area contributed by atoms with Gasteiger partial charge in [-0.25, -0.2) is 9.37 Å². The number of hydrogen-bond acceptors (Lipinski definition) is 5. The Labute approximate surface area is 137 Å². The maximum absolute atomic E-state index is 13.7. The summed E-state index contributed by atoms with van der Waals surface area (Å²) in [6.07, 6.45) is 3.41. The average Bonchev–Trinajstić information content (AvgIpc) is 2.87. The first-order valence-corrected chi connectivity index (χ1v) is 7.53. The number of aromatic amines is 1. The first-order valence-electron chi connectivity index (χ1n) is 7.16. The van der Waals surface area contributed by atoms with Crippen molar-refractivity contribution in [2.45, 2.75) is 25.9 Å². The van der Waals surface area contributed by atoms with Gasteiger partial charge in [-0.1, -0.05) is 0 Å². The number of hydrogen-bond donors (Lipinski definition) is 3. The molecule has 0 spiro atoms. The lowest BCUT2D eigenvalue weighted by atomic mass is 10.2. The van der Waals surface area contributed by atoms with Crippen molar-refractivity contribution in [3.63, 3.8) is 0 Å². The van der Waals surface area contributed by atoms with Crippen LogP contribution in [0.4, 0.5) is 10.2 Å². The number of fused-ring (bicyclic) bond motifs is 1. The molecule has 3 aromatic rings. The Morgan fingerprint density at radius 3 is 3.00 bits per heavy atom. The summed E-state index contributed by atoms with van der Waals surface area (Å²) in [5.41, 5.74) is 7.89. The zero-order valence-electron chi connectivity index (χ0n) is 12.5. The number of nitrogens with two attached hydrogens (primary N) is 1. The average molecular weight is 335 g/mol. The fraction of sp³-hybridized carbons (Fsp3) is 0.267. The van der Waals surface area contributed by atoms with Crippen LogP contribution in [0.3, 0.4) is 0 Å². The van der Waals surface area contributed by atoms with Crippen molar-refractivity contribution >= 4 is 28.5 Å². The molecule has 1 atom stereocenters. The van der Waals surface area contributed by atoms with E-state index in [1.807, 2.05) is 13.0 Å². The molecule has 8 heteroatoms. The van der Waals surface area contributed by atoms with Crippen molar-refractivity contribution in [2.75, 3.05) is 5.32 Å². The topological polar surface area (TPSA) is 92.5 Å². The minimum Gasteiger partial charge on any atom is -0.365 e. The van der Waals surface area contributed by atoms with Gasteiger partial charge in [0.15, 0.2) is 0 Å². The summed E-state index contributed by atoms with van der Waals surface area (Å²) >= 11 is 5.96. The molecular weight excluding hydrogens is 319 g/mol. The zero-order chi connectivity index (χ0) is 16.4. The molecule has 3 aromatic heterocycles. The normalized spacial score (nSPS) is 12.5. The molecule has 0 aliphatic rings. The Balaban J connectivity index is 1.90. The summed E-state index contributed by atoms with van der Waals surface area (Å²) in [4.78, 5) is 15.3. The fourth-order valence-corrected chi connectivity index (χ4v) is 2.52. The number of rotatable bonds is 5. The van der Waals surface area contributed by atoms with Crippen LogP contribution in [0.5, 0.6) is 0 Å². The lowest BCUT2D eigenvalue weighted by Gasteiger charge is -2.07. The Morgan fingerprint density at radius 2 is 2.26 bits per heavy atom. The maximum atomic E-state index is 13.7. The van der Waals surface area contributed by atoms with Crippen LogP contribution < -0.4 is 11.1 Å². The van der Waals surface area contributed by atoms with Gasteiger partial charge < -0.3 is 16.0 Å². The number of nitrogens with one attached hydrogen (secondary N) is 2. The van der Waals surface area contributed by atoms with Gasteiger partial charge in [0.05, 0.1) is 11.6 Å². The predicted molar refractivity (Wildman–Crippen MR) is 87.8 cm³/mol. The third-order valence-corrected chi connectivity index (χ3v) is 3.53. The smallest absolute Gasteiger partial charge is 0.226 e. The van der Waals surface area contributed by atoms with Crippen LogP contribution in [-0.4, -0.2) is 26.0 Å². The molecule has 0 aliphatic heterocycles. The molecule has 3 rings (SSSR count). The van der Waals surface area contributed by atoms with Crippen molar-refractivity contribution in [2.24, 2.45) is 5.73 Å². The summed E-state index contributed by atoms with van der Waals surface area (Å²) in [6, 6.07) is 3.56. The highest BCUT2D eigenvalue weighted by Gasteiger charge is 2.12. The number of nitrogens with zero attached hydrogens (tertiary/aromatic N) is 3. The van der Waals surface area contributed by atoms with Gasteiger partial charge in [-0.05, 0) is 30.7 Å². The Kier molecular flexibility index (Phi) is 4.40. The molecule has 0 radical (unpaired) electrons. The van der Waals surface area contributed by atoms with E-state index in [0.29, 0.717) is 23.4 Å². The van der Waals surface area contributed by atoms with Crippen molar-refractivity contribution < 1.29 is 4.39 Å². The fourth-order valence-electron chi connectivity index (χ4n) is 2.35. The van der Waals surface area contributed by atoms with Gasteiger partial charge in [0.1, 0.15) is 17.3 Å². The largest absolute Gasteiger partial charge is 0.365 e. The highest BCUT2D eigenvalue weighted by atomic mass is 35.5. The van der Waals surface area contributed by atoms with E-state index in [4.69, 9.17) is 17.3 Å². The second-order valence-electron chi connectivity index (χ2n) is 5.40. The highest BCUT2D eigenvalue weighted by molar-refractivity contribution is 6.28. The third-order valence-electron chi connectivity index (χ3n) is 3.36. The van der Waals surface area contributed by atoms with Crippen LogP contribution in [0.15, 0.2) is 24.5 Å². The molecule has 0 amide bonds. The molecule has 0 aliphatic carbocycles. The number of halogens is 2. The molecule has 4 N–H and O–H groups in total. The van der Waals surface area contributed by atoms with Gasteiger partial charge >= 0.3 is 0 Å². The number of H-pyrrole nitrogens is 1. The van der Waals surface area contributed by atoms with Crippen molar-refractivity contribution in [1.82, 2.24) is 19.9 Å². The van der Waals surface area contributed by atoms with Gasteiger partial charge in [0.25, 0.3) is 0 Å². The lowest BCUT2D eigenvalue weighted by Crippen LogP contribution is -2.17. The molecule has 6 nitrogen and oxygen atoms in total. The third kappa shape index (κ3) is 3.57. The van der Waals surface area contributed by atoms with E-state index in [-0.39, 0.29) is 23.7 Å². The zero-order valence-corrected chi connectivity index (χ0v) is 13.2. The number of anilines is 1. The Bertz CT molecular complexity index is 832. The van der Waals surface area contributed by atoms with Crippen molar-refractivity contribution in [1.29, 1.82) is 0 Å². The summed E-state index contributed by atoms with van der Waals surface area (Å²) in [6.45, 7) is 2.19. The first kappa shape index (κ1) is 15.6. The standard InChI is InChI=1S/C15H16ClFN6/c1-8(18)4-10-5-11-13(22-15(16)23-14(11)21-10)20-6-9-2-3-19-7-12(9)17/h2-3,5,7-8H,4,6,18H2,1H3,(H2,20,21,22,23)/t8-/m0/s1. The van der Waals surface area contributed by atoms with E-state index < -0.39 is 0 Å². The molecule has 0 bridgehead atoms. The van der Waals surface area contributed by atoms with Crippen molar-refractivity contribution in [3.05, 3.63) is 46.9 Å². The van der Waals surface area contributed by atoms with Gasteiger partial charge in [-0.3, -0.25) is 4.98 Å². The SMILES string of the molecule is C[C@H](N)Cc1cc2c(NCc3ccncc3F)nc(Cl)nc2[nH]1. The van der Waals surface area contributed by atoms with Gasteiger partial charge in [-0.15, -0.1) is 0 Å². The lowest BCUT2D eigenvalue weighted by molar-refractivity contribution is 0.606. The van der Waals surface area contributed by atoms with Crippen molar-refractivity contribution in [3.8, 4) is 0 Å². The second-order valence-corrected chi connectivity index (χ2v) is 5.74. The van der Waals surface area contributed by atoms with Gasteiger partial charge in [0, 0.05) is 36.5 Å². The monoisotopic (exact) mass is 334 g/mol. The highest BCUT2D eigenvalue weighted by Crippen LogP contribution is 2.24. The molecule has 0 unspecified atom stereocenters. The maximum Gasteiger partial charge on any atom is 0.226 e.